The van der Waals surface area contributed by atoms with Crippen molar-refractivity contribution >= 4 is 17.5 Å². The Hall–Kier alpha value is -1.06. The van der Waals surface area contributed by atoms with Crippen molar-refractivity contribution < 1.29 is 9.53 Å². The summed E-state index contributed by atoms with van der Waals surface area (Å²) in [5.41, 5.74) is 0.926. The van der Waals surface area contributed by atoms with E-state index in [1.54, 1.807) is 7.11 Å². The third-order valence-corrected chi connectivity index (χ3v) is 2.63. The number of methoxy groups -OCH3 is 1. The number of rotatable bonds is 5. The van der Waals surface area contributed by atoms with Gasteiger partial charge in [-0.25, -0.2) is 0 Å². The van der Waals surface area contributed by atoms with Crippen LogP contribution in [0.2, 0.25) is 5.02 Å². The maximum Gasteiger partial charge on any atom is 0.222 e. The Balaban J connectivity index is 2.55. The molecule has 0 saturated carbocycles. The number of benzene rings is 1. The normalized spacial score (nSPS) is 12.2. The minimum Gasteiger partial charge on any atom is -0.384 e. The second kappa shape index (κ2) is 6.51. The Bertz CT molecular complexity index is 355. The van der Waals surface area contributed by atoms with Crippen molar-refractivity contribution in [2.45, 2.75) is 19.4 Å². The monoisotopic (exact) mass is 241 g/mol. The van der Waals surface area contributed by atoms with Gasteiger partial charge in [-0.2, -0.15) is 0 Å². The van der Waals surface area contributed by atoms with E-state index in [9.17, 15) is 4.79 Å². The fraction of sp³-hybridized carbons (Fsp3) is 0.417. The molecule has 0 spiro atoms. The molecule has 0 saturated heterocycles. The van der Waals surface area contributed by atoms with Crippen LogP contribution in [0.4, 0.5) is 0 Å². The van der Waals surface area contributed by atoms with Gasteiger partial charge in [0.15, 0.2) is 0 Å². The number of halogens is 1. The molecule has 0 radical (unpaired) electrons. The Labute approximate surface area is 101 Å². The molecule has 0 heterocycles. The maximum atomic E-state index is 11.5. The van der Waals surface area contributed by atoms with Crippen LogP contribution in [0.25, 0.3) is 0 Å². The third kappa shape index (κ3) is 3.83. The van der Waals surface area contributed by atoms with Crippen molar-refractivity contribution in [1.29, 1.82) is 0 Å². The summed E-state index contributed by atoms with van der Waals surface area (Å²) in [5.74, 6) is -0.0331. The van der Waals surface area contributed by atoms with Gasteiger partial charge < -0.3 is 10.1 Å². The number of ether oxygens (including phenoxy) is 1. The molecule has 1 rings (SSSR count). The first kappa shape index (κ1) is 13.0. The smallest absolute Gasteiger partial charge is 0.222 e. The third-order valence-electron chi connectivity index (χ3n) is 2.28. The average Bonchev–Trinajstić information content (AvgIpc) is 2.26. The fourth-order valence-corrected chi connectivity index (χ4v) is 1.71. The van der Waals surface area contributed by atoms with Crippen LogP contribution >= 0.6 is 11.6 Å². The summed E-state index contributed by atoms with van der Waals surface area (Å²) in [5, 5.41) is 3.54. The molecule has 1 aromatic rings. The predicted octanol–water partition coefficient (Wildman–Crippen LogP) is 2.55. The Kier molecular flexibility index (Phi) is 5.29. The van der Waals surface area contributed by atoms with E-state index in [2.05, 4.69) is 5.32 Å². The molecule has 16 heavy (non-hydrogen) atoms. The molecule has 0 fully saturated rings. The minimum absolute atomic E-state index is 0.0331. The van der Waals surface area contributed by atoms with Gasteiger partial charge in [0.05, 0.1) is 12.6 Å². The van der Waals surface area contributed by atoms with Crippen LogP contribution in [0.15, 0.2) is 24.3 Å². The van der Waals surface area contributed by atoms with Gasteiger partial charge >= 0.3 is 0 Å². The predicted molar refractivity (Wildman–Crippen MR) is 64.5 cm³/mol. The van der Waals surface area contributed by atoms with E-state index in [1.165, 1.54) is 0 Å². The molecule has 88 valence electrons. The van der Waals surface area contributed by atoms with E-state index >= 15 is 0 Å². The van der Waals surface area contributed by atoms with Crippen LogP contribution in [0.5, 0.6) is 0 Å². The molecular weight excluding hydrogens is 226 g/mol. The van der Waals surface area contributed by atoms with Crippen molar-refractivity contribution in [2.75, 3.05) is 13.7 Å². The number of amides is 1. The zero-order valence-corrected chi connectivity index (χ0v) is 10.3. The van der Waals surface area contributed by atoms with E-state index in [0.717, 1.165) is 5.56 Å². The molecule has 0 aliphatic rings. The van der Waals surface area contributed by atoms with E-state index < -0.39 is 0 Å². The molecule has 1 atom stereocenters. The van der Waals surface area contributed by atoms with Crippen molar-refractivity contribution in [3.05, 3.63) is 34.9 Å². The first-order chi connectivity index (χ1) is 7.65. The lowest BCUT2D eigenvalue weighted by Gasteiger charge is -2.15. The number of nitrogens with one attached hydrogen (secondary N) is 1. The zero-order valence-electron chi connectivity index (χ0n) is 9.50. The first-order valence-electron chi connectivity index (χ1n) is 5.18. The molecule has 4 heteroatoms. The number of carbonyl (C=O) groups is 1. The van der Waals surface area contributed by atoms with Crippen LogP contribution in [0.3, 0.4) is 0 Å². The summed E-state index contributed by atoms with van der Waals surface area (Å²) in [7, 11) is 1.57. The van der Waals surface area contributed by atoms with Gasteiger partial charge in [-0.1, -0.05) is 29.8 Å². The molecule has 0 aliphatic heterocycles. The lowest BCUT2D eigenvalue weighted by atomic mass is 10.1. The second-order valence-corrected chi connectivity index (χ2v) is 3.96. The second-order valence-electron chi connectivity index (χ2n) is 3.55. The van der Waals surface area contributed by atoms with Gasteiger partial charge in [-0.3, -0.25) is 4.79 Å². The maximum absolute atomic E-state index is 11.5. The first-order valence-corrected chi connectivity index (χ1v) is 5.55. The quantitative estimate of drug-likeness (QED) is 0.861. The van der Waals surface area contributed by atoms with Crippen LogP contribution in [0.1, 0.15) is 24.9 Å². The standard InChI is InChI=1S/C12H16ClNO2/c1-9(14-12(15)7-8-16-2)10-5-3-4-6-11(10)13/h3-6,9H,7-8H2,1-2H3,(H,14,15). The van der Waals surface area contributed by atoms with E-state index in [4.69, 9.17) is 16.3 Å². The Morgan fingerprint density at radius 2 is 2.19 bits per heavy atom. The molecule has 0 aliphatic carbocycles. The van der Waals surface area contributed by atoms with E-state index in [0.29, 0.717) is 18.1 Å². The molecule has 1 amide bonds. The van der Waals surface area contributed by atoms with Crippen molar-refractivity contribution in [3.63, 3.8) is 0 Å². The van der Waals surface area contributed by atoms with Gasteiger partial charge in [-0.05, 0) is 18.6 Å². The number of carbonyl (C=O) groups excluding carboxylic acids is 1. The van der Waals surface area contributed by atoms with Gasteiger partial charge in [0, 0.05) is 18.6 Å². The highest BCUT2D eigenvalue weighted by Crippen LogP contribution is 2.21. The highest BCUT2D eigenvalue weighted by atomic mass is 35.5. The topological polar surface area (TPSA) is 38.3 Å². The summed E-state index contributed by atoms with van der Waals surface area (Å²) < 4.78 is 4.84. The zero-order chi connectivity index (χ0) is 12.0. The van der Waals surface area contributed by atoms with Gasteiger partial charge in [-0.15, -0.1) is 0 Å². The summed E-state index contributed by atoms with van der Waals surface area (Å²) in [6, 6.07) is 7.40. The Morgan fingerprint density at radius 1 is 1.50 bits per heavy atom. The lowest BCUT2D eigenvalue weighted by molar-refractivity contribution is -0.122. The van der Waals surface area contributed by atoms with Gasteiger partial charge in [0.2, 0.25) is 5.91 Å². The fourth-order valence-electron chi connectivity index (χ4n) is 1.41. The summed E-state index contributed by atoms with van der Waals surface area (Å²) in [6.07, 6.45) is 0.366. The molecule has 0 aromatic heterocycles. The summed E-state index contributed by atoms with van der Waals surface area (Å²) >= 11 is 6.03. The van der Waals surface area contributed by atoms with E-state index in [1.807, 2.05) is 31.2 Å². The largest absolute Gasteiger partial charge is 0.384 e. The molecule has 1 unspecified atom stereocenters. The highest BCUT2D eigenvalue weighted by molar-refractivity contribution is 6.31. The Morgan fingerprint density at radius 3 is 2.81 bits per heavy atom. The average molecular weight is 242 g/mol. The minimum atomic E-state index is -0.0851. The lowest BCUT2D eigenvalue weighted by Crippen LogP contribution is -2.27. The molecule has 0 bridgehead atoms. The van der Waals surface area contributed by atoms with Crippen molar-refractivity contribution in [2.24, 2.45) is 0 Å². The number of hydrogen-bond donors (Lipinski definition) is 1. The van der Waals surface area contributed by atoms with Crippen LogP contribution in [-0.4, -0.2) is 19.6 Å². The summed E-state index contributed by atoms with van der Waals surface area (Å²) in [4.78, 5) is 11.5. The molecule has 3 nitrogen and oxygen atoms in total. The van der Waals surface area contributed by atoms with Gasteiger partial charge in [0.1, 0.15) is 0 Å². The molecule has 1 N–H and O–H groups in total. The van der Waals surface area contributed by atoms with Crippen molar-refractivity contribution in [1.82, 2.24) is 5.32 Å². The SMILES string of the molecule is COCCC(=O)NC(C)c1ccccc1Cl. The summed E-state index contributed by atoms with van der Waals surface area (Å²) in [6.45, 7) is 2.34. The van der Waals surface area contributed by atoms with E-state index in [-0.39, 0.29) is 11.9 Å². The number of hydrogen-bond acceptors (Lipinski definition) is 2. The van der Waals surface area contributed by atoms with Crippen molar-refractivity contribution in [3.8, 4) is 0 Å². The molecular formula is C12H16ClNO2. The van der Waals surface area contributed by atoms with Gasteiger partial charge in [0.25, 0.3) is 0 Å². The highest BCUT2D eigenvalue weighted by Gasteiger charge is 2.11. The van der Waals surface area contributed by atoms with Crippen LogP contribution in [0, 0.1) is 0 Å². The van der Waals surface area contributed by atoms with Crippen LogP contribution in [-0.2, 0) is 9.53 Å². The molecule has 1 aromatic carbocycles. The van der Waals surface area contributed by atoms with Crippen LogP contribution < -0.4 is 5.32 Å².